The molecule has 2 N–H and O–H groups in total. The number of fused-ring (bicyclic) bond motifs is 1. The van der Waals surface area contributed by atoms with Gasteiger partial charge < -0.3 is 5.32 Å². The maximum atomic E-state index is 12.9. The molecule has 1 aliphatic heterocycles. The minimum atomic E-state index is -0.690. The third kappa shape index (κ3) is 2.75. The fraction of sp³-hybridized carbons (Fsp3) is 0.375. The Labute approximate surface area is 132 Å². The van der Waals surface area contributed by atoms with E-state index in [1.165, 1.54) is 4.57 Å². The summed E-state index contributed by atoms with van der Waals surface area (Å²) in [5, 5.41) is 5.80. The van der Waals surface area contributed by atoms with Crippen LogP contribution in [0.1, 0.15) is 30.3 Å². The predicted molar refractivity (Wildman–Crippen MR) is 84.9 cm³/mol. The Bertz CT molecular complexity index is 856. The van der Waals surface area contributed by atoms with Gasteiger partial charge in [-0.2, -0.15) is 0 Å². The molecule has 1 unspecified atom stereocenters. The van der Waals surface area contributed by atoms with Gasteiger partial charge in [0.25, 0.3) is 5.56 Å². The van der Waals surface area contributed by atoms with Crippen molar-refractivity contribution in [1.29, 1.82) is 0 Å². The number of nitrogens with one attached hydrogen (secondary N) is 2. The lowest BCUT2D eigenvalue weighted by Gasteiger charge is -2.24. The molecule has 7 heteroatoms. The van der Waals surface area contributed by atoms with E-state index in [2.05, 4.69) is 15.6 Å². The van der Waals surface area contributed by atoms with Crippen molar-refractivity contribution in [3.05, 3.63) is 39.9 Å². The van der Waals surface area contributed by atoms with Gasteiger partial charge in [-0.05, 0) is 38.1 Å². The maximum absolute atomic E-state index is 12.9. The first-order valence-corrected chi connectivity index (χ1v) is 7.51. The number of nitrogens with zero attached hydrogens (tertiary/aromatic N) is 2. The van der Waals surface area contributed by atoms with Gasteiger partial charge in [0.2, 0.25) is 11.8 Å². The van der Waals surface area contributed by atoms with Crippen molar-refractivity contribution in [2.75, 3.05) is 7.05 Å². The smallest absolute Gasteiger partial charge is 0.262 e. The summed E-state index contributed by atoms with van der Waals surface area (Å²) in [6.45, 7) is 2.34. The molecule has 1 atom stereocenters. The van der Waals surface area contributed by atoms with Crippen molar-refractivity contribution < 1.29 is 9.59 Å². The number of hydrogen-bond donors (Lipinski definition) is 2. The van der Waals surface area contributed by atoms with Gasteiger partial charge in [-0.1, -0.05) is 6.07 Å². The molecule has 120 valence electrons. The standard InChI is InChI=1S/C16H18N4O3/c1-9-18-12-4-3-10(8-17-2)7-11(12)16(23)20(9)13-5-6-14(21)19-15(13)22/h3-4,7,13,17H,5-6,8H2,1-2H3,(H,19,21,22). The highest BCUT2D eigenvalue weighted by molar-refractivity contribution is 5.99. The summed E-state index contributed by atoms with van der Waals surface area (Å²) < 4.78 is 1.40. The molecule has 3 rings (SSSR count). The third-order valence-electron chi connectivity index (χ3n) is 4.04. The van der Waals surface area contributed by atoms with E-state index >= 15 is 0 Å². The molecule has 1 aromatic heterocycles. The summed E-state index contributed by atoms with van der Waals surface area (Å²) in [7, 11) is 1.83. The summed E-state index contributed by atoms with van der Waals surface area (Å²) in [4.78, 5) is 40.7. The first kappa shape index (κ1) is 15.4. The molecule has 2 aromatic rings. The fourth-order valence-electron chi connectivity index (χ4n) is 2.97. The molecule has 1 aromatic carbocycles. The average Bonchev–Trinajstić information content (AvgIpc) is 2.50. The van der Waals surface area contributed by atoms with Crippen LogP contribution in [0.3, 0.4) is 0 Å². The quantitative estimate of drug-likeness (QED) is 0.800. The second-order valence-corrected chi connectivity index (χ2v) is 5.68. The molecule has 0 spiro atoms. The molecule has 0 bridgehead atoms. The lowest BCUT2D eigenvalue weighted by Crippen LogP contribution is -2.45. The van der Waals surface area contributed by atoms with Crippen molar-refractivity contribution in [3.8, 4) is 0 Å². The topological polar surface area (TPSA) is 93.1 Å². The molecule has 1 saturated heterocycles. The molecule has 7 nitrogen and oxygen atoms in total. The van der Waals surface area contributed by atoms with Crippen molar-refractivity contribution >= 4 is 22.7 Å². The van der Waals surface area contributed by atoms with Crippen LogP contribution in [0.2, 0.25) is 0 Å². The number of piperidine rings is 1. The second kappa shape index (κ2) is 5.92. The summed E-state index contributed by atoms with van der Waals surface area (Å²) in [5.41, 5.74) is 1.33. The molecular formula is C16H18N4O3. The summed E-state index contributed by atoms with van der Waals surface area (Å²) in [5.74, 6) is -0.278. The van der Waals surface area contributed by atoms with E-state index in [0.717, 1.165) is 5.56 Å². The van der Waals surface area contributed by atoms with Gasteiger partial charge in [0.05, 0.1) is 10.9 Å². The number of aromatic nitrogens is 2. The van der Waals surface area contributed by atoms with Crippen LogP contribution >= 0.6 is 0 Å². The van der Waals surface area contributed by atoms with Gasteiger partial charge in [0, 0.05) is 13.0 Å². The number of imide groups is 1. The number of amides is 2. The van der Waals surface area contributed by atoms with Crippen LogP contribution in [0, 0.1) is 6.92 Å². The van der Waals surface area contributed by atoms with E-state index in [1.807, 2.05) is 19.2 Å². The minimum Gasteiger partial charge on any atom is -0.316 e. The van der Waals surface area contributed by atoms with Crippen LogP contribution < -0.4 is 16.2 Å². The lowest BCUT2D eigenvalue weighted by atomic mass is 10.0. The molecule has 1 fully saturated rings. The largest absolute Gasteiger partial charge is 0.316 e. The zero-order chi connectivity index (χ0) is 16.6. The SMILES string of the molecule is CNCc1ccc2nc(C)n(C3CCC(=O)NC3=O)c(=O)c2c1. The molecule has 2 amide bonds. The van der Waals surface area contributed by atoms with E-state index < -0.39 is 11.9 Å². The Morgan fingerprint density at radius 2 is 2.13 bits per heavy atom. The van der Waals surface area contributed by atoms with E-state index in [-0.39, 0.29) is 17.9 Å². The molecule has 2 heterocycles. The number of rotatable bonds is 3. The molecule has 1 aliphatic rings. The molecule has 0 radical (unpaired) electrons. The fourth-order valence-corrected chi connectivity index (χ4v) is 2.97. The molecular weight excluding hydrogens is 296 g/mol. The van der Waals surface area contributed by atoms with Gasteiger partial charge in [-0.15, -0.1) is 0 Å². The Balaban J connectivity index is 2.15. The van der Waals surface area contributed by atoms with Crippen LogP contribution in [0.15, 0.2) is 23.0 Å². The maximum Gasteiger partial charge on any atom is 0.262 e. The summed E-state index contributed by atoms with van der Waals surface area (Å²) in [6, 6.07) is 4.83. The van der Waals surface area contributed by atoms with E-state index in [1.54, 1.807) is 13.0 Å². The first-order chi connectivity index (χ1) is 11.0. The second-order valence-electron chi connectivity index (χ2n) is 5.68. The number of aryl methyl sites for hydroxylation is 1. The van der Waals surface area contributed by atoms with Gasteiger partial charge in [0.15, 0.2) is 0 Å². The average molecular weight is 314 g/mol. The van der Waals surface area contributed by atoms with Gasteiger partial charge in [-0.25, -0.2) is 4.98 Å². The van der Waals surface area contributed by atoms with Crippen molar-refractivity contribution in [1.82, 2.24) is 20.2 Å². The lowest BCUT2D eigenvalue weighted by molar-refractivity contribution is -0.135. The molecule has 0 aliphatic carbocycles. The van der Waals surface area contributed by atoms with Gasteiger partial charge in [0.1, 0.15) is 11.9 Å². The Kier molecular flexibility index (Phi) is 3.96. The Morgan fingerprint density at radius 3 is 2.83 bits per heavy atom. The van der Waals surface area contributed by atoms with Crippen LogP contribution in [-0.2, 0) is 16.1 Å². The van der Waals surface area contributed by atoms with Crippen LogP contribution in [0.5, 0.6) is 0 Å². The Morgan fingerprint density at radius 1 is 1.35 bits per heavy atom. The van der Waals surface area contributed by atoms with E-state index in [9.17, 15) is 14.4 Å². The zero-order valence-electron chi connectivity index (χ0n) is 13.0. The number of carbonyl (C=O) groups excluding carboxylic acids is 2. The van der Waals surface area contributed by atoms with Crippen LogP contribution in [0.25, 0.3) is 10.9 Å². The summed E-state index contributed by atoms with van der Waals surface area (Å²) >= 11 is 0. The van der Waals surface area contributed by atoms with Crippen molar-refractivity contribution in [2.24, 2.45) is 0 Å². The van der Waals surface area contributed by atoms with Crippen molar-refractivity contribution in [3.63, 3.8) is 0 Å². The highest BCUT2D eigenvalue weighted by Gasteiger charge is 2.30. The Hall–Kier alpha value is -2.54. The van der Waals surface area contributed by atoms with Gasteiger partial charge in [-0.3, -0.25) is 24.3 Å². The molecule has 23 heavy (non-hydrogen) atoms. The number of hydrogen-bond acceptors (Lipinski definition) is 5. The van der Waals surface area contributed by atoms with Gasteiger partial charge >= 0.3 is 0 Å². The van der Waals surface area contributed by atoms with Crippen molar-refractivity contribution in [2.45, 2.75) is 32.4 Å². The highest BCUT2D eigenvalue weighted by atomic mass is 16.2. The number of benzene rings is 1. The normalized spacial score (nSPS) is 18.3. The van der Waals surface area contributed by atoms with Crippen LogP contribution in [-0.4, -0.2) is 28.4 Å². The van der Waals surface area contributed by atoms with E-state index in [0.29, 0.717) is 29.7 Å². The van der Waals surface area contributed by atoms with E-state index in [4.69, 9.17) is 0 Å². The highest BCUT2D eigenvalue weighted by Crippen LogP contribution is 2.20. The summed E-state index contributed by atoms with van der Waals surface area (Å²) in [6.07, 6.45) is 0.537. The first-order valence-electron chi connectivity index (χ1n) is 7.51. The third-order valence-corrected chi connectivity index (χ3v) is 4.04. The zero-order valence-corrected chi connectivity index (χ0v) is 13.0. The molecule has 0 saturated carbocycles. The monoisotopic (exact) mass is 314 g/mol. The van der Waals surface area contributed by atoms with Crippen LogP contribution in [0.4, 0.5) is 0 Å². The minimum absolute atomic E-state index is 0.222. The number of carbonyl (C=O) groups is 2. The predicted octanol–water partition coefficient (Wildman–Crippen LogP) is 0.402.